The van der Waals surface area contributed by atoms with Crippen LogP contribution in [-0.4, -0.2) is 45.8 Å². The van der Waals surface area contributed by atoms with Gasteiger partial charge in [-0.05, 0) is 25.0 Å². The third-order valence-electron chi connectivity index (χ3n) is 4.55. The lowest BCUT2D eigenvalue weighted by atomic mass is 10.2. The van der Waals surface area contributed by atoms with Gasteiger partial charge in [0.2, 0.25) is 0 Å². The van der Waals surface area contributed by atoms with Crippen molar-refractivity contribution in [3.8, 4) is 0 Å². The van der Waals surface area contributed by atoms with Crippen molar-refractivity contribution in [2.45, 2.75) is 50.4 Å². The summed E-state index contributed by atoms with van der Waals surface area (Å²) in [6.07, 6.45) is 5.77. The van der Waals surface area contributed by atoms with Crippen molar-refractivity contribution in [1.82, 2.24) is 9.47 Å². The van der Waals surface area contributed by atoms with Gasteiger partial charge in [-0.1, -0.05) is 12.8 Å². The standard InChI is InChI=1S/C15H21FN2O2/c16-11-8-13(10-19)18(9-11)15(20)14-6-3-7-17(14)12-4-1-2-5-12/h3,6-7,11-13,19H,1-2,4-5,8-10H2/t11-,13-/m0/s1. The number of likely N-dealkylation sites (tertiary alicyclic amines) is 1. The molecule has 1 saturated heterocycles. The molecule has 0 radical (unpaired) electrons. The Bertz CT molecular complexity index is 482. The van der Waals surface area contributed by atoms with Crippen LogP contribution in [0.3, 0.4) is 0 Å². The van der Waals surface area contributed by atoms with Gasteiger partial charge in [0, 0.05) is 18.7 Å². The van der Waals surface area contributed by atoms with E-state index in [2.05, 4.69) is 0 Å². The van der Waals surface area contributed by atoms with E-state index in [1.807, 2.05) is 16.8 Å². The van der Waals surface area contributed by atoms with Crippen LogP contribution in [0, 0.1) is 0 Å². The summed E-state index contributed by atoms with van der Waals surface area (Å²) in [5, 5.41) is 9.31. The predicted molar refractivity (Wildman–Crippen MR) is 73.4 cm³/mol. The van der Waals surface area contributed by atoms with Crippen molar-refractivity contribution < 1.29 is 14.3 Å². The van der Waals surface area contributed by atoms with Crippen LogP contribution < -0.4 is 0 Å². The van der Waals surface area contributed by atoms with Gasteiger partial charge in [0.05, 0.1) is 19.2 Å². The first-order valence-corrected chi connectivity index (χ1v) is 7.43. The summed E-state index contributed by atoms with van der Waals surface area (Å²) in [5.74, 6) is -0.152. The molecule has 0 unspecified atom stereocenters. The van der Waals surface area contributed by atoms with Gasteiger partial charge in [0.25, 0.3) is 5.91 Å². The summed E-state index contributed by atoms with van der Waals surface area (Å²) < 4.78 is 15.5. The largest absolute Gasteiger partial charge is 0.394 e. The van der Waals surface area contributed by atoms with Gasteiger partial charge >= 0.3 is 0 Å². The molecule has 20 heavy (non-hydrogen) atoms. The molecule has 2 heterocycles. The number of hydrogen-bond acceptors (Lipinski definition) is 2. The minimum Gasteiger partial charge on any atom is -0.394 e. The quantitative estimate of drug-likeness (QED) is 0.922. The van der Waals surface area contributed by atoms with E-state index in [0.717, 1.165) is 12.8 Å². The molecule has 0 aromatic carbocycles. The third-order valence-corrected chi connectivity index (χ3v) is 4.55. The molecule has 1 N–H and O–H groups in total. The fourth-order valence-corrected chi connectivity index (χ4v) is 3.50. The van der Waals surface area contributed by atoms with Crippen LogP contribution in [0.5, 0.6) is 0 Å². The molecule has 1 amide bonds. The molecule has 2 atom stereocenters. The van der Waals surface area contributed by atoms with Gasteiger partial charge in [-0.15, -0.1) is 0 Å². The van der Waals surface area contributed by atoms with E-state index in [0.29, 0.717) is 11.7 Å². The Labute approximate surface area is 118 Å². The molecule has 0 bridgehead atoms. The monoisotopic (exact) mass is 280 g/mol. The number of aliphatic hydroxyl groups excluding tert-OH is 1. The number of carbonyl (C=O) groups is 1. The SMILES string of the molecule is O=C(c1cccn1C1CCCC1)N1C[C@@H](F)C[C@H]1CO. The molecule has 4 nitrogen and oxygen atoms in total. The van der Waals surface area contributed by atoms with Crippen LogP contribution >= 0.6 is 0 Å². The Morgan fingerprint density at radius 2 is 2.15 bits per heavy atom. The van der Waals surface area contributed by atoms with Crippen molar-refractivity contribution in [2.24, 2.45) is 0 Å². The molecule has 1 aromatic heterocycles. The van der Waals surface area contributed by atoms with E-state index in [1.165, 1.54) is 17.7 Å². The summed E-state index contributed by atoms with van der Waals surface area (Å²) in [6.45, 7) is -0.0732. The molecule has 2 fully saturated rings. The van der Waals surface area contributed by atoms with E-state index in [4.69, 9.17) is 0 Å². The zero-order valence-corrected chi connectivity index (χ0v) is 11.5. The molecular formula is C15H21FN2O2. The highest BCUT2D eigenvalue weighted by Crippen LogP contribution is 2.32. The second-order valence-electron chi connectivity index (χ2n) is 5.87. The molecule has 3 rings (SSSR count). The number of halogens is 1. The predicted octanol–water partition coefficient (Wildman–Crippen LogP) is 2.15. The van der Waals surface area contributed by atoms with Crippen LogP contribution in [0.1, 0.15) is 48.6 Å². The average molecular weight is 280 g/mol. The van der Waals surface area contributed by atoms with Gasteiger partial charge < -0.3 is 14.6 Å². The van der Waals surface area contributed by atoms with Crippen molar-refractivity contribution in [3.63, 3.8) is 0 Å². The topological polar surface area (TPSA) is 45.5 Å². The number of rotatable bonds is 3. The zero-order chi connectivity index (χ0) is 14.1. The molecule has 2 aliphatic rings. The van der Waals surface area contributed by atoms with Crippen molar-refractivity contribution >= 4 is 5.91 Å². The number of carbonyl (C=O) groups excluding carboxylic acids is 1. The van der Waals surface area contributed by atoms with Crippen molar-refractivity contribution in [1.29, 1.82) is 0 Å². The fraction of sp³-hybridized carbons (Fsp3) is 0.667. The van der Waals surface area contributed by atoms with Gasteiger partial charge in [-0.2, -0.15) is 0 Å². The van der Waals surface area contributed by atoms with Gasteiger partial charge in [0.1, 0.15) is 11.9 Å². The summed E-state index contributed by atoms with van der Waals surface area (Å²) in [6, 6.07) is 3.69. The highest BCUT2D eigenvalue weighted by atomic mass is 19.1. The van der Waals surface area contributed by atoms with Gasteiger partial charge in [-0.3, -0.25) is 4.79 Å². The summed E-state index contributed by atoms with van der Waals surface area (Å²) >= 11 is 0. The van der Waals surface area contributed by atoms with Crippen molar-refractivity contribution in [2.75, 3.05) is 13.2 Å². The fourth-order valence-electron chi connectivity index (χ4n) is 3.50. The molecule has 110 valence electrons. The first kappa shape index (κ1) is 13.6. The smallest absolute Gasteiger partial charge is 0.270 e. The Kier molecular flexibility index (Phi) is 3.78. The molecule has 0 spiro atoms. The minimum absolute atomic E-state index is 0.0971. The maximum atomic E-state index is 13.5. The zero-order valence-electron chi connectivity index (χ0n) is 11.5. The van der Waals surface area contributed by atoms with Crippen LogP contribution in [0.25, 0.3) is 0 Å². The number of hydrogen-bond donors (Lipinski definition) is 1. The Balaban J connectivity index is 1.82. The molecule has 1 aromatic rings. The summed E-state index contributed by atoms with van der Waals surface area (Å²) in [4.78, 5) is 14.1. The van der Waals surface area contributed by atoms with Crippen LogP contribution in [-0.2, 0) is 0 Å². The number of amides is 1. The first-order valence-electron chi connectivity index (χ1n) is 7.43. The van der Waals surface area contributed by atoms with Crippen LogP contribution in [0.4, 0.5) is 4.39 Å². The highest BCUT2D eigenvalue weighted by Gasteiger charge is 2.36. The molecule has 5 heteroatoms. The lowest BCUT2D eigenvalue weighted by Gasteiger charge is -2.24. The normalized spacial score (nSPS) is 27.4. The van der Waals surface area contributed by atoms with Gasteiger partial charge in [0.15, 0.2) is 0 Å². The summed E-state index contributed by atoms with van der Waals surface area (Å²) in [7, 11) is 0. The molecule has 1 aliphatic heterocycles. The van der Waals surface area contributed by atoms with Gasteiger partial charge in [-0.25, -0.2) is 4.39 Å². The maximum Gasteiger partial charge on any atom is 0.270 e. The van der Waals surface area contributed by atoms with E-state index in [1.54, 1.807) is 6.07 Å². The minimum atomic E-state index is -1.02. The second-order valence-corrected chi connectivity index (χ2v) is 5.87. The van der Waals surface area contributed by atoms with Crippen LogP contribution in [0.2, 0.25) is 0 Å². The first-order chi connectivity index (χ1) is 9.70. The number of alkyl halides is 1. The molecule has 1 aliphatic carbocycles. The Morgan fingerprint density at radius 3 is 2.85 bits per heavy atom. The number of aromatic nitrogens is 1. The Morgan fingerprint density at radius 1 is 1.40 bits per heavy atom. The third kappa shape index (κ3) is 2.35. The van der Waals surface area contributed by atoms with E-state index in [-0.39, 0.29) is 31.5 Å². The number of aliphatic hydroxyl groups is 1. The summed E-state index contributed by atoms with van der Waals surface area (Å²) in [5.41, 5.74) is 0.629. The highest BCUT2D eigenvalue weighted by molar-refractivity contribution is 5.93. The Hall–Kier alpha value is -1.36. The van der Waals surface area contributed by atoms with E-state index < -0.39 is 6.17 Å². The second kappa shape index (κ2) is 5.56. The lowest BCUT2D eigenvalue weighted by Crippen LogP contribution is -2.39. The molecule has 1 saturated carbocycles. The maximum absolute atomic E-state index is 13.5. The number of nitrogens with zero attached hydrogens (tertiary/aromatic N) is 2. The van der Waals surface area contributed by atoms with Crippen LogP contribution in [0.15, 0.2) is 18.3 Å². The van der Waals surface area contributed by atoms with E-state index in [9.17, 15) is 14.3 Å². The lowest BCUT2D eigenvalue weighted by molar-refractivity contribution is 0.0660. The van der Waals surface area contributed by atoms with E-state index >= 15 is 0 Å². The molecular weight excluding hydrogens is 259 g/mol. The average Bonchev–Trinajstić information content (AvgIpc) is 3.16. The van der Waals surface area contributed by atoms with Crippen molar-refractivity contribution in [3.05, 3.63) is 24.0 Å².